The molecule has 30 heavy (non-hydrogen) atoms. The monoisotopic (exact) mass is 431 g/mol. The van der Waals surface area contributed by atoms with Crippen molar-refractivity contribution in [2.45, 2.75) is 6.92 Å². The molecule has 0 bridgehead atoms. The number of carbonyl (C=O) groups is 1. The molecule has 0 unspecified atom stereocenters. The largest absolute Gasteiger partial charge is 0.495 e. The second kappa shape index (κ2) is 9.41. The van der Waals surface area contributed by atoms with Gasteiger partial charge in [0, 0.05) is 23.4 Å². The lowest BCUT2D eigenvalue weighted by molar-refractivity contribution is -0.118. The number of hydrogen-bond acceptors (Lipinski definition) is 6. The van der Waals surface area contributed by atoms with Crippen LogP contribution < -0.4 is 19.5 Å². The van der Waals surface area contributed by atoms with Gasteiger partial charge in [0.1, 0.15) is 17.3 Å². The van der Waals surface area contributed by atoms with E-state index >= 15 is 0 Å². The van der Waals surface area contributed by atoms with Gasteiger partial charge in [-0.25, -0.2) is 9.37 Å². The second-order valence-electron chi connectivity index (χ2n) is 6.20. The number of aromatic nitrogens is 2. The zero-order valence-corrected chi connectivity index (χ0v) is 17.3. The minimum Gasteiger partial charge on any atom is -0.495 e. The molecule has 0 aliphatic heterocycles. The summed E-state index contributed by atoms with van der Waals surface area (Å²) in [4.78, 5) is 21.0. The van der Waals surface area contributed by atoms with Crippen molar-refractivity contribution >= 4 is 23.2 Å². The molecular formula is C21H19ClFN3O4. The third kappa shape index (κ3) is 5.15. The van der Waals surface area contributed by atoms with Gasteiger partial charge in [0.15, 0.2) is 12.4 Å². The first kappa shape index (κ1) is 21.3. The van der Waals surface area contributed by atoms with Crippen molar-refractivity contribution in [3.63, 3.8) is 0 Å². The molecule has 0 radical (unpaired) electrons. The standard InChI is InChI=1S/C21H19ClFN3O4/c1-12-8-20(26-21(24-12)13-4-6-14(23)7-5-13)30-11-19(27)25-16-9-15(22)17(28-2)10-18(16)29-3/h4-10H,11H2,1-3H3,(H,25,27). The van der Waals surface area contributed by atoms with Gasteiger partial charge in [0.05, 0.1) is 24.9 Å². The highest BCUT2D eigenvalue weighted by Gasteiger charge is 2.14. The molecule has 156 valence electrons. The Kier molecular flexibility index (Phi) is 6.68. The van der Waals surface area contributed by atoms with Crippen molar-refractivity contribution in [2.24, 2.45) is 0 Å². The fraction of sp³-hybridized carbons (Fsp3) is 0.190. The fourth-order valence-electron chi connectivity index (χ4n) is 2.63. The predicted octanol–water partition coefficient (Wildman–Crippen LogP) is 4.28. The second-order valence-corrected chi connectivity index (χ2v) is 6.61. The quantitative estimate of drug-likeness (QED) is 0.601. The van der Waals surface area contributed by atoms with Gasteiger partial charge in [-0.3, -0.25) is 4.79 Å². The van der Waals surface area contributed by atoms with Crippen molar-refractivity contribution in [1.82, 2.24) is 9.97 Å². The zero-order chi connectivity index (χ0) is 21.7. The molecule has 9 heteroatoms. The first-order valence-corrected chi connectivity index (χ1v) is 9.23. The van der Waals surface area contributed by atoms with Crippen LogP contribution in [0, 0.1) is 12.7 Å². The number of carbonyl (C=O) groups excluding carboxylic acids is 1. The van der Waals surface area contributed by atoms with E-state index in [2.05, 4.69) is 15.3 Å². The summed E-state index contributed by atoms with van der Waals surface area (Å²) in [5.74, 6) is 0.613. The summed E-state index contributed by atoms with van der Waals surface area (Å²) in [6, 6.07) is 10.5. The molecule has 0 saturated carbocycles. The third-order valence-corrected chi connectivity index (χ3v) is 4.33. The highest BCUT2D eigenvalue weighted by molar-refractivity contribution is 6.32. The van der Waals surface area contributed by atoms with Gasteiger partial charge in [-0.1, -0.05) is 11.6 Å². The number of anilines is 1. The molecule has 0 spiro atoms. The third-order valence-electron chi connectivity index (χ3n) is 4.03. The summed E-state index contributed by atoms with van der Waals surface area (Å²) in [6.07, 6.45) is 0. The zero-order valence-electron chi connectivity index (χ0n) is 16.5. The summed E-state index contributed by atoms with van der Waals surface area (Å²) in [6.45, 7) is 1.47. The lowest BCUT2D eigenvalue weighted by Gasteiger charge is -2.13. The molecular weight excluding hydrogens is 413 g/mol. The van der Waals surface area contributed by atoms with Crippen molar-refractivity contribution in [3.8, 4) is 28.8 Å². The Labute approximate surface area is 177 Å². The smallest absolute Gasteiger partial charge is 0.262 e. The molecule has 7 nitrogen and oxygen atoms in total. The molecule has 1 amide bonds. The van der Waals surface area contributed by atoms with Crippen LogP contribution in [0.25, 0.3) is 11.4 Å². The Hall–Kier alpha value is -3.39. The topological polar surface area (TPSA) is 82.6 Å². The number of halogens is 2. The van der Waals surface area contributed by atoms with Crippen LogP contribution in [0.1, 0.15) is 5.69 Å². The van der Waals surface area contributed by atoms with Crippen LogP contribution in [0.15, 0.2) is 42.5 Å². The molecule has 2 aromatic carbocycles. The SMILES string of the molecule is COc1cc(OC)c(NC(=O)COc2cc(C)nc(-c3ccc(F)cc3)n2)cc1Cl. The minimum atomic E-state index is -0.436. The molecule has 0 fully saturated rings. The number of ether oxygens (including phenoxy) is 3. The number of methoxy groups -OCH3 is 2. The normalized spacial score (nSPS) is 10.4. The average molecular weight is 432 g/mol. The van der Waals surface area contributed by atoms with Gasteiger partial charge in [0.25, 0.3) is 5.91 Å². The highest BCUT2D eigenvalue weighted by atomic mass is 35.5. The fourth-order valence-corrected chi connectivity index (χ4v) is 2.87. The lowest BCUT2D eigenvalue weighted by atomic mass is 10.2. The number of nitrogens with one attached hydrogen (secondary N) is 1. The molecule has 3 rings (SSSR count). The summed E-state index contributed by atoms with van der Waals surface area (Å²) < 4.78 is 29.0. The van der Waals surface area contributed by atoms with Crippen LogP contribution in [0.5, 0.6) is 17.4 Å². The van der Waals surface area contributed by atoms with E-state index in [-0.39, 0.29) is 18.3 Å². The minimum absolute atomic E-state index is 0.219. The van der Waals surface area contributed by atoms with Crippen molar-refractivity contribution in [2.75, 3.05) is 26.1 Å². The molecule has 0 atom stereocenters. The summed E-state index contributed by atoms with van der Waals surface area (Å²) in [5, 5.41) is 3.00. The lowest BCUT2D eigenvalue weighted by Crippen LogP contribution is -2.21. The van der Waals surface area contributed by atoms with E-state index < -0.39 is 5.91 Å². The number of hydrogen-bond donors (Lipinski definition) is 1. The van der Waals surface area contributed by atoms with Gasteiger partial charge in [-0.15, -0.1) is 0 Å². The van der Waals surface area contributed by atoms with Crippen LogP contribution in [0.3, 0.4) is 0 Å². The van der Waals surface area contributed by atoms with Crippen molar-refractivity contribution in [3.05, 3.63) is 59.0 Å². The number of nitrogens with zero attached hydrogens (tertiary/aromatic N) is 2. The maximum absolute atomic E-state index is 13.1. The van der Waals surface area contributed by atoms with Crippen LogP contribution >= 0.6 is 11.6 Å². The van der Waals surface area contributed by atoms with Crippen LogP contribution in [-0.4, -0.2) is 36.7 Å². The molecule has 3 aromatic rings. The van der Waals surface area contributed by atoms with Gasteiger partial charge in [-0.05, 0) is 37.3 Å². The Morgan fingerprint density at radius 1 is 1.07 bits per heavy atom. The summed E-state index contributed by atoms with van der Waals surface area (Å²) in [7, 11) is 2.95. The van der Waals surface area contributed by atoms with E-state index in [4.69, 9.17) is 25.8 Å². The van der Waals surface area contributed by atoms with E-state index in [1.165, 1.54) is 32.4 Å². The van der Waals surface area contributed by atoms with E-state index in [0.717, 1.165) is 0 Å². The predicted molar refractivity (Wildman–Crippen MR) is 111 cm³/mol. The van der Waals surface area contributed by atoms with Crippen molar-refractivity contribution < 1.29 is 23.4 Å². The Morgan fingerprint density at radius 2 is 1.77 bits per heavy atom. The maximum Gasteiger partial charge on any atom is 0.262 e. The highest BCUT2D eigenvalue weighted by Crippen LogP contribution is 2.35. The molecule has 0 saturated heterocycles. The van der Waals surface area contributed by atoms with Gasteiger partial charge < -0.3 is 19.5 Å². The molecule has 0 aliphatic rings. The van der Waals surface area contributed by atoms with E-state index in [1.807, 2.05) is 0 Å². The molecule has 0 aliphatic carbocycles. The number of rotatable bonds is 7. The van der Waals surface area contributed by atoms with E-state index in [1.54, 1.807) is 31.2 Å². The summed E-state index contributed by atoms with van der Waals surface area (Å²) in [5.41, 5.74) is 1.65. The Balaban J connectivity index is 1.71. The first-order valence-electron chi connectivity index (χ1n) is 8.85. The van der Waals surface area contributed by atoms with E-state index in [0.29, 0.717) is 39.3 Å². The maximum atomic E-state index is 13.1. The first-order chi connectivity index (χ1) is 14.4. The number of amides is 1. The average Bonchev–Trinajstić information content (AvgIpc) is 2.72. The number of aryl methyl sites for hydroxylation is 1. The van der Waals surface area contributed by atoms with E-state index in [9.17, 15) is 9.18 Å². The van der Waals surface area contributed by atoms with Crippen LogP contribution in [0.2, 0.25) is 5.02 Å². The van der Waals surface area contributed by atoms with Crippen LogP contribution in [-0.2, 0) is 4.79 Å². The molecule has 1 aromatic heterocycles. The number of benzene rings is 2. The van der Waals surface area contributed by atoms with Gasteiger partial charge in [-0.2, -0.15) is 4.98 Å². The Bertz CT molecular complexity index is 1060. The summed E-state index contributed by atoms with van der Waals surface area (Å²) >= 11 is 6.11. The van der Waals surface area contributed by atoms with Crippen LogP contribution in [0.4, 0.5) is 10.1 Å². The van der Waals surface area contributed by atoms with Gasteiger partial charge in [0.2, 0.25) is 5.88 Å². The molecule has 1 N–H and O–H groups in total. The Morgan fingerprint density at radius 3 is 2.43 bits per heavy atom. The van der Waals surface area contributed by atoms with Gasteiger partial charge >= 0.3 is 0 Å². The molecule has 1 heterocycles. The van der Waals surface area contributed by atoms with Crippen molar-refractivity contribution in [1.29, 1.82) is 0 Å².